The quantitative estimate of drug-likeness (QED) is 0.598. The lowest BCUT2D eigenvalue weighted by Crippen LogP contribution is -2.09. The van der Waals surface area contributed by atoms with Crippen molar-refractivity contribution in [3.63, 3.8) is 0 Å². The number of hydrogen-bond donors (Lipinski definition) is 2. The summed E-state index contributed by atoms with van der Waals surface area (Å²) in [6, 6.07) is 3.48. The van der Waals surface area contributed by atoms with Crippen LogP contribution in [-0.2, 0) is 6.18 Å². The van der Waals surface area contributed by atoms with Crippen LogP contribution in [0, 0.1) is 0 Å². The molecule has 0 bridgehead atoms. The van der Waals surface area contributed by atoms with Gasteiger partial charge in [-0.15, -0.1) is 0 Å². The highest BCUT2D eigenvalue weighted by molar-refractivity contribution is 9.10. The highest BCUT2D eigenvalue weighted by atomic mass is 79.9. The van der Waals surface area contributed by atoms with Crippen LogP contribution in [0.25, 0.3) is 0 Å². The fourth-order valence-corrected chi connectivity index (χ4v) is 1.44. The van der Waals surface area contributed by atoms with Crippen molar-refractivity contribution in [1.82, 2.24) is 0 Å². The van der Waals surface area contributed by atoms with E-state index >= 15 is 0 Å². The number of alkyl halides is 3. The van der Waals surface area contributed by atoms with Crippen molar-refractivity contribution in [2.45, 2.75) is 6.18 Å². The topological polar surface area (TPSA) is 38.0 Å². The van der Waals surface area contributed by atoms with Crippen molar-refractivity contribution < 1.29 is 13.2 Å². The molecule has 0 heterocycles. The Morgan fingerprint density at radius 3 is 2.31 bits per heavy atom. The SMILES string of the molecule is NNc1ccc(C(F)(F)F)c(Br)c1. The average Bonchev–Trinajstić information content (AvgIpc) is 2.01. The van der Waals surface area contributed by atoms with E-state index in [1.807, 2.05) is 0 Å². The Labute approximate surface area is 81.0 Å². The third-order valence-electron chi connectivity index (χ3n) is 1.44. The first-order valence-corrected chi connectivity index (χ1v) is 4.08. The van der Waals surface area contributed by atoms with E-state index in [-0.39, 0.29) is 4.47 Å². The van der Waals surface area contributed by atoms with E-state index < -0.39 is 11.7 Å². The predicted octanol–water partition coefficient (Wildman–Crippen LogP) is 2.75. The smallest absolute Gasteiger partial charge is 0.324 e. The molecule has 0 radical (unpaired) electrons. The van der Waals surface area contributed by atoms with E-state index in [2.05, 4.69) is 21.4 Å². The number of nitrogen functional groups attached to an aromatic ring is 1. The van der Waals surface area contributed by atoms with Gasteiger partial charge >= 0.3 is 6.18 Å². The van der Waals surface area contributed by atoms with Gasteiger partial charge in [0.1, 0.15) is 0 Å². The molecular formula is C7H6BrF3N2. The number of nitrogens with one attached hydrogen (secondary N) is 1. The number of hydrazine groups is 1. The van der Waals surface area contributed by atoms with Crippen LogP contribution in [0.4, 0.5) is 18.9 Å². The second-order valence-electron chi connectivity index (χ2n) is 2.34. The van der Waals surface area contributed by atoms with Gasteiger partial charge < -0.3 is 5.43 Å². The molecule has 3 N–H and O–H groups in total. The summed E-state index contributed by atoms with van der Waals surface area (Å²) in [6.45, 7) is 0. The molecule has 0 aliphatic rings. The summed E-state index contributed by atoms with van der Waals surface area (Å²) in [6.07, 6.45) is -4.34. The van der Waals surface area contributed by atoms with Crippen LogP contribution in [-0.4, -0.2) is 0 Å². The van der Waals surface area contributed by atoms with Gasteiger partial charge in [0.15, 0.2) is 0 Å². The minimum absolute atomic E-state index is 0.0320. The lowest BCUT2D eigenvalue weighted by atomic mass is 10.2. The van der Waals surface area contributed by atoms with Gasteiger partial charge in [0.2, 0.25) is 0 Å². The van der Waals surface area contributed by atoms with Crippen LogP contribution >= 0.6 is 15.9 Å². The van der Waals surface area contributed by atoms with Gasteiger partial charge in [-0.1, -0.05) is 15.9 Å². The second kappa shape index (κ2) is 3.55. The van der Waals surface area contributed by atoms with Gasteiger partial charge in [0.25, 0.3) is 0 Å². The lowest BCUT2D eigenvalue weighted by molar-refractivity contribution is -0.138. The number of hydrogen-bond acceptors (Lipinski definition) is 2. The van der Waals surface area contributed by atoms with Crippen molar-refractivity contribution in [3.05, 3.63) is 28.2 Å². The second-order valence-corrected chi connectivity index (χ2v) is 3.19. The summed E-state index contributed by atoms with van der Waals surface area (Å²) >= 11 is 2.81. The lowest BCUT2D eigenvalue weighted by Gasteiger charge is -2.09. The van der Waals surface area contributed by atoms with E-state index in [4.69, 9.17) is 5.84 Å². The molecular weight excluding hydrogens is 249 g/mol. The van der Waals surface area contributed by atoms with E-state index in [0.29, 0.717) is 5.69 Å². The van der Waals surface area contributed by atoms with Crippen molar-refractivity contribution >= 4 is 21.6 Å². The summed E-state index contributed by atoms with van der Waals surface area (Å²) in [4.78, 5) is 0. The van der Waals surface area contributed by atoms with Gasteiger partial charge in [0, 0.05) is 10.2 Å². The van der Waals surface area contributed by atoms with Crippen LogP contribution in [0.15, 0.2) is 22.7 Å². The molecule has 0 atom stereocenters. The zero-order chi connectivity index (χ0) is 10.1. The van der Waals surface area contributed by atoms with Gasteiger partial charge in [-0.3, -0.25) is 5.84 Å². The number of benzene rings is 1. The van der Waals surface area contributed by atoms with Crippen LogP contribution in [0.3, 0.4) is 0 Å². The van der Waals surface area contributed by atoms with Crippen molar-refractivity contribution in [2.75, 3.05) is 5.43 Å². The zero-order valence-corrected chi connectivity index (χ0v) is 7.91. The van der Waals surface area contributed by atoms with Crippen LogP contribution < -0.4 is 11.3 Å². The Kier molecular flexibility index (Phi) is 2.82. The largest absolute Gasteiger partial charge is 0.417 e. The van der Waals surface area contributed by atoms with Crippen molar-refractivity contribution in [3.8, 4) is 0 Å². The first kappa shape index (κ1) is 10.3. The summed E-state index contributed by atoms with van der Waals surface area (Å²) in [5.41, 5.74) is 1.95. The monoisotopic (exact) mass is 254 g/mol. The molecule has 0 saturated carbocycles. The van der Waals surface area contributed by atoms with E-state index in [0.717, 1.165) is 6.07 Å². The molecule has 0 amide bonds. The molecule has 1 rings (SSSR count). The Balaban J connectivity index is 3.13. The molecule has 72 valence electrons. The molecule has 6 heteroatoms. The minimum Gasteiger partial charge on any atom is -0.324 e. The van der Waals surface area contributed by atoms with Crippen LogP contribution in [0.2, 0.25) is 0 Å². The molecule has 1 aromatic rings. The molecule has 2 nitrogen and oxygen atoms in total. The molecule has 0 saturated heterocycles. The standard InChI is InChI=1S/C7H6BrF3N2/c8-6-3-4(13-12)1-2-5(6)7(9,10)11/h1-3,13H,12H2. The highest BCUT2D eigenvalue weighted by Gasteiger charge is 2.32. The Morgan fingerprint density at radius 2 is 1.92 bits per heavy atom. The van der Waals surface area contributed by atoms with Gasteiger partial charge in [0.05, 0.1) is 5.56 Å². The van der Waals surface area contributed by atoms with Crippen LogP contribution in [0.5, 0.6) is 0 Å². The maximum absolute atomic E-state index is 12.2. The van der Waals surface area contributed by atoms with Crippen molar-refractivity contribution in [1.29, 1.82) is 0 Å². The number of halogens is 4. The van der Waals surface area contributed by atoms with E-state index in [9.17, 15) is 13.2 Å². The molecule has 0 aromatic heterocycles. The number of anilines is 1. The Bertz CT molecular complexity index is 311. The normalized spacial score (nSPS) is 11.5. The van der Waals surface area contributed by atoms with Crippen molar-refractivity contribution in [2.24, 2.45) is 5.84 Å². The van der Waals surface area contributed by atoms with Gasteiger partial charge in [-0.2, -0.15) is 13.2 Å². The first-order chi connectivity index (χ1) is 5.95. The van der Waals surface area contributed by atoms with Crippen LogP contribution in [0.1, 0.15) is 5.56 Å². The Hall–Kier alpha value is -0.750. The molecule has 0 aliphatic carbocycles. The summed E-state index contributed by atoms with van der Waals surface area (Å²) in [5, 5.41) is 0. The fourth-order valence-electron chi connectivity index (χ4n) is 0.835. The third-order valence-corrected chi connectivity index (χ3v) is 2.10. The molecule has 0 unspecified atom stereocenters. The van der Waals surface area contributed by atoms with E-state index in [1.165, 1.54) is 12.1 Å². The molecule has 0 aliphatic heterocycles. The highest BCUT2D eigenvalue weighted by Crippen LogP contribution is 2.35. The molecule has 1 aromatic carbocycles. The molecule has 0 spiro atoms. The molecule has 0 fully saturated rings. The summed E-state index contributed by atoms with van der Waals surface area (Å²) < 4.78 is 36.6. The van der Waals surface area contributed by atoms with Gasteiger partial charge in [-0.25, -0.2) is 0 Å². The third kappa shape index (κ3) is 2.35. The Morgan fingerprint density at radius 1 is 1.31 bits per heavy atom. The predicted molar refractivity (Wildman–Crippen MR) is 47.0 cm³/mol. The fraction of sp³-hybridized carbons (Fsp3) is 0.143. The maximum atomic E-state index is 12.2. The zero-order valence-electron chi connectivity index (χ0n) is 6.32. The van der Waals surface area contributed by atoms with E-state index in [1.54, 1.807) is 0 Å². The summed E-state index contributed by atoms with van der Waals surface area (Å²) in [5.74, 6) is 5.03. The average molecular weight is 255 g/mol. The number of nitrogens with two attached hydrogens (primary N) is 1. The number of rotatable bonds is 1. The molecule has 13 heavy (non-hydrogen) atoms. The van der Waals surface area contributed by atoms with Gasteiger partial charge in [-0.05, 0) is 18.2 Å². The first-order valence-electron chi connectivity index (χ1n) is 3.28. The minimum atomic E-state index is -4.34. The maximum Gasteiger partial charge on any atom is 0.417 e. The summed E-state index contributed by atoms with van der Waals surface area (Å²) in [7, 11) is 0.